The molecule has 4 rings (SSSR count). The molecule has 1 unspecified atom stereocenters. The topological polar surface area (TPSA) is 72.5 Å². The van der Waals surface area contributed by atoms with Crippen molar-refractivity contribution in [1.82, 2.24) is 15.6 Å². The van der Waals surface area contributed by atoms with E-state index in [1.54, 1.807) is 0 Å². The van der Waals surface area contributed by atoms with E-state index < -0.39 is 17.2 Å². The summed E-state index contributed by atoms with van der Waals surface area (Å²) < 4.78 is 52.4. The Morgan fingerprint density at radius 1 is 1.31 bits per heavy atom. The highest BCUT2D eigenvalue weighted by Crippen LogP contribution is 2.67. The van der Waals surface area contributed by atoms with Gasteiger partial charge in [0.25, 0.3) is 11.8 Å². The molecule has 1 aromatic rings. The van der Waals surface area contributed by atoms with Crippen molar-refractivity contribution in [2.45, 2.75) is 69.6 Å². The monoisotopic (exact) mass is 413 g/mol. The van der Waals surface area contributed by atoms with E-state index in [-0.39, 0.29) is 42.8 Å². The van der Waals surface area contributed by atoms with Crippen LogP contribution in [0.2, 0.25) is 0 Å². The zero-order valence-corrected chi connectivity index (χ0v) is 16.4. The van der Waals surface area contributed by atoms with Crippen LogP contribution in [0.4, 0.5) is 13.2 Å². The van der Waals surface area contributed by atoms with Gasteiger partial charge in [0, 0.05) is 23.9 Å². The van der Waals surface area contributed by atoms with Crippen LogP contribution in [0, 0.1) is 11.2 Å². The van der Waals surface area contributed by atoms with Crippen LogP contribution < -0.4 is 20.1 Å². The van der Waals surface area contributed by atoms with Crippen molar-refractivity contribution in [3.8, 4) is 11.8 Å². The third kappa shape index (κ3) is 4.01. The van der Waals surface area contributed by atoms with Crippen molar-refractivity contribution in [2.24, 2.45) is 5.41 Å². The number of carbonyl (C=O) groups excluding carboxylic acids is 1. The molecule has 3 fully saturated rings. The second-order valence-corrected chi connectivity index (χ2v) is 8.29. The van der Waals surface area contributed by atoms with Gasteiger partial charge in [-0.3, -0.25) is 4.79 Å². The van der Waals surface area contributed by atoms with Gasteiger partial charge < -0.3 is 20.1 Å². The number of nitrogens with zero attached hydrogens (tertiary/aromatic N) is 1. The Kier molecular flexibility index (Phi) is 5.35. The number of methoxy groups -OCH3 is 1. The molecule has 1 amide bonds. The maximum atomic E-state index is 14.5. The number of halogens is 3. The number of carbonyl (C=O) groups is 1. The minimum Gasteiger partial charge on any atom is -0.481 e. The average molecular weight is 413 g/mol. The molecule has 0 radical (unpaired) electrons. The summed E-state index contributed by atoms with van der Waals surface area (Å²) in [5, 5.41) is 5.87. The van der Waals surface area contributed by atoms with Crippen LogP contribution in [0.1, 0.15) is 50.5 Å². The standard InChI is InChI=1S/C20H26F3N3O3/c1-28-17-12(10-25-16(27)15-3-2-8-24-15)9-14(21)18(26-17)29-13-4-6-19(7-5-13)11-20(19,22)23/h9,13,15,24H,2-8,10-11H2,1H3,(H,25,27). The molecule has 2 aliphatic carbocycles. The lowest BCUT2D eigenvalue weighted by atomic mass is 9.84. The maximum absolute atomic E-state index is 14.5. The first-order valence-corrected chi connectivity index (χ1v) is 10.1. The van der Waals surface area contributed by atoms with E-state index in [1.165, 1.54) is 13.2 Å². The van der Waals surface area contributed by atoms with Gasteiger partial charge in [-0.1, -0.05) is 0 Å². The number of amides is 1. The van der Waals surface area contributed by atoms with E-state index in [0.717, 1.165) is 19.4 Å². The second-order valence-electron chi connectivity index (χ2n) is 8.29. The molecule has 1 saturated heterocycles. The number of ether oxygens (including phenoxy) is 2. The Hall–Kier alpha value is -2.03. The summed E-state index contributed by atoms with van der Waals surface area (Å²) in [6.07, 6.45) is 2.98. The normalized spacial score (nSPS) is 30.2. The first-order valence-electron chi connectivity index (χ1n) is 10.1. The van der Waals surface area contributed by atoms with Crippen LogP contribution in [-0.4, -0.2) is 42.6 Å². The summed E-state index contributed by atoms with van der Waals surface area (Å²) in [4.78, 5) is 16.2. The molecule has 3 aliphatic rings. The van der Waals surface area contributed by atoms with E-state index >= 15 is 0 Å². The van der Waals surface area contributed by atoms with E-state index in [2.05, 4.69) is 15.6 Å². The number of hydrogen-bond donors (Lipinski definition) is 2. The largest absolute Gasteiger partial charge is 0.481 e. The summed E-state index contributed by atoms with van der Waals surface area (Å²) >= 11 is 0. The fourth-order valence-corrected chi connectivity index (χ4v) is 4.44. The van der Waals surface area contributed by atoms with E-state index in [1.807, 2.05) is 0 Å². The van der Waals surface area contributed by atoms with E-state index in [9.17, 15) is 18.0 Å². The van der Waals surface area contributed by atoms with Crippen LogP contribution in [0.5, 0.6) is 11.8 Å². The Bertz CT molecular complexity index is 776. The molecule has 0 aromatic carbocycles. The van der Waals surface area contributed by atoms with Crippen molar-refractivity contribution in [2.75, 3.05) is 13.7 Å². The zero-order chi connectivity index (χ0) is 20.6. The number of alkyl halides is 2. The predicted octanol–water partition coefficient (Wildman–Crippen LogP) is 2.94. The van der Waals surface area contributed by atoms with Crippen LogP contribution >= 0.6 is 0 Å². The fraction of sp³-hybridized carbons (Fsp3) is 0.700. The molecular formula is C20H26F3N3O3. The number of nitrogens with one attached hydrogen (secondary N) is 2. The van der Waals surface area contributed by atoms with Gasteiger partial charge in [-0.15, -0.1) is 0 Å². The van der Waals surface area contributed by atoms with Gasteiger partial charge >= 0.3 is 0 Å². The Balaban J connectivity index is 1.37. The Morgan fingerprint density at radius 3 is 2.62 bits per heavy atom. The molecular weight excluding hydrogens is 387 g/mol. The number of aromatic nitrogens is 1. The van der Waals surface area contributed by atoms with Crippen molar-refractivity contribution in [1.29, 1.82) is 0 Å². The quantitative estimate of drug-likeness (QED) is 0.750. The second kappa shape index (κ2) is 7.66. The highest BCUT2D eigenvalue weighted by molar-refractivity contribution is 5.82. The first-order chi connectivity index (χ1) is 13.8. The van der Waals surface area contributed by atoms with E-state index in [0.29, 0.717) is 31.2 Å². The molecule has 9 heteroatoms. The van der Waals surface area contributed by atoms with Gasteiger partial charge in [-0.05, 0) is 51.1 Å². The van der Waals surface area contributed by atoms with Gasteiger partial charge in [-0.25, -0.2) is 13.2 Å². The minimum atomic E-state index is -2.56. The van der Waals surface area contributed by atoms with Gasteiger partial charge in [0.05, 0.1) is 13.2 Å². The number of rotatable bonds is 6. The lowest BCUT2D eigenvalue weighted by Gasteiger charge is -2.29. The van der Waals surface area contributed by atoms with E-state index in [4.69, 9.17) is 9.47 Å². The Labute approximate surface area is 167 Å². The first kappa shape index (κ1) is 20.3. The molecule has 160 valence electrons. The van der Waals surface area contributed by atoms with Crippen LogP contribution in [0.3, 0.4) is 0 Å². The number of pyridine rings is 1. The smallest absolute Gasteiger partial charge is 0.254 e. The van der Waals surface area contributed by atoms with Crippen molar-refractivity contribution >= 4 is 5.91 Å². The fourth-order valence-electron chi connectivity index (χ4n) is 4.44. The molecule has 6 nitrogen and oxygen atoms in total. The lowest BCUT2D eigenvalue weighted by Crippen LogP contribution is -2.40. The zero-order valence-electron chi connectivity index (χ0n) is 16.4. The molecule has 29 heavy (non-hydrogen) atoms. The third-order valence-electron chi connectivity index (χ3n) is 6.39. The summed E-state index contributed by atoms with van der Waals surface area (Å²) in [6.45, 7) is 0.898. The van der Waals surface area contributed by atoms with Crippen molar-refractivity contribution in [3.63, 3.8) is 0 Å². The van der Waals surface area contributed by atoms with Gasteiger partial charge in [0.1, 0.15) is 6.10 Å². The van der Waals surface area contributed by atoms with Crippen LogP contribution in [0.25, 0.3) is 0 Å². The highest BCUT2D eigenvalue weighted by Gasteiger charge is 2.70. The molecule has 1 aliphatic heterocycles. The summed E-state index contributed by atoms with van der Waals surface area (Å²) in [5.74, 6) is -3.39. The van der Waals surface area contributed by atoms with Crippen molar-refractivity contribution < 1.29 is 27.4 Å². The maximum Gasteiger partial charge on any atom is 0.254 e. The average Bonchev–Trinajstić information content (AvgIpc) is 3.06. The predicted molar refractivity (Wildman–Crippen MR) is 98.5 cm³/mol. The molecule has 2 saturated carbocycles. The molecule has 2 N–H and O–H groups in total. The van der Waals surface area contributed by atoms with Crippen molar-refractivity contribution in [3.05, 3.63) is 17.4 Å². The molecule has 0 bridgehead atoms. The summed E-state index contributed by atoms with van der Waals surface area (Å²) in [7, 11) is 1.41. The molecule has 1 aromatic heterocycles. The Morgan fingerprint density at radius 2 is 2.03 bits per heavy atom. The number of hydrogen-bond acceptors (Lipinski definition) is 5. The SMILES string of the molecule is COc1nc(OC2CCC3(CC2)CC3(F)F)c(F)cc1CNC(=O)C1CCCN1. The molecule has 1 atom stereocenters. The van der Waals surface area contributed by atoms with Gasteiger partial charge in [0.15, 0.2) is 5.82 Å². The highest BCUT2D eigenvalue weighted by atomic mass is 19.3. The van der Waals surface area contributed by atoms with Crippen LogP contribution in [0.15, 0.2) is 6.07 Å². The summed E-state index contributed by atoms with van der Waals surface area (Å²) in [6, 6.07) is 1.01. The van der Waals surface area contributed by atoms with Gasteiger partial charge in [-0.2, -0.15) is 4.98 Å². The minimum absolute atomic E-state index is 0.0516. The van der Waals surface area contributed by atoms with Gasteiger partial charge in [0.2, 0.25) is 11.8 Å². The summed E-state index contributed by atoms with van der Waals surface area (Å²) in [5.41, 5.74) is -0.462. The third-order valence-corrected chi connectivity index (χ3v) is 6.39. The molecule has 1 spiro atoms. The molecule has 2 heterocycles. The van der Waals surface area contributed by atoms with Crippen LogP contribution in [-0.2, 0) is 11.3 Å². The lowest BCUT2D eigenvalue weighted by molar-refractivity contribution is -0.122.